The normalized spacial score (nSPS) is 26.2. The second kappa shape index (κ2) is 5.71. The van der Waals surface area contributed by atoms with Gasteiger partial charge in [-0.1, -0.05) is 23.8 Å². The van der Waals surface area contributed by atoms with E-state index in [0.717, 1.165) is 32.2 Å². The second-order valence-corrected chi connectivity index (χ2v) is 8.31. The number of rotatable bonds is 4. The molecule has 5 heteroatoms. The molecule has 1 aliphatic carbocycles. The minimum Gasteiger partial charge on any atom is -0.308 e. The maximum atomic E-state index is 11.8. The summed E-state index contributed by atoms with van der Waals surface area (Å²) in [6.07, 6.45) is 5.49. The quantitative estimate of drug-likeness (QED) is 0.925. The van der Waals surface area contributed by atoms with Crippen LogP contribution in [0.2, 0.25) is 0 Å². The van der Waals surface area contributed by atoms with Crippen molar-refractivity contribution >= 4 is 10.0 Å². The van der Waals surface area contributed by atoms with E-state index in [2.05, 4.69) is 30.4 Å². The van der Waals surface area contributed by atoms with Crippen LogP contribution in [0.25, 0.3) is 0 Å². The van der Waals surface area contributed by atoms with Gasteiger partial charge in [0.25, 0.3) is 0 Å². The molecule has 1 unspecified atom stereocenters. The van der Waals surface area contributed by atoms with Gasteiger partial charge in [0, 0.05) is 25.2 Å². The molecule has 2 atom stereocenters. The molecule has 21 heavy (non-hydrogen) atoms. The number of hydrogen-bond acceptors (Lipinski definition) is 3. The van der Waals surface area contributed by atoms with Crippen LogP contribution in [0.3, 0.4) is 0 Å². The summed E-state index contributed by atoms with van der Waals surface area (Å²) in [4.78, 5) is 0. The van der Waals surface area contributed by atoms with Gasteiger partial charge in [-0.2, -0.15) is 4.31 Å². The van der Waals surface area contributed by atoms with Crippen molar-refractivity contribution in [2.24, 2.45) is 0 Å². The maximum Gasteiger partial charge on any atom is 0.211 e. The monoisotopic (exact) mass is 308 g/mol. The fraction of sp³-hybridized carbons (Fsp3) is 0.625. The molecule has 116 valence electrons. The summed E-state index contributed by atoms with van der Waals surface area (Å²) in [6.45, 7) is 3.55. The lowest BCUT2D eigenvalue weighted by molar-refractivity contribution is 0.358. The molecule has 3 rings (SSSR count). The van der Waals surface area contributed by atoms with Crippen LogP contribution in [0.4, 0.5) is 0 Å². The van der Waals surface area contributed by atoms with Crippen LogP contribution in [-0.4, -0.2) is 38.1 Å². The Kier molecular flexibility index (Phi) is 4.08. The number of benzene rings is 1. The molecule has 0 aromatic heterocycles. The Morgan fingerprint density at radius 2 is 2.14 bits per heavy atom. The van der Waals surface area contributed by atoms with E-state index >= 15 is 0 Å². The molecule has 1 aromatic carbocycles. The molecule has 4 nitrogen and oxygen atoms in total. The van der Waals surface area contributed by atoms with Crippen LogP contribution >= 0.6 is 0 Å². The molecule has 0 radical (unpaired) electrons. The van der Waals surface area contributed by atoms with Gasteiger partial charge in [0.2, 0.25) is 10.0 Å². The largest absolute Gasteiger partial charge is 0.308 e. The summed E-state index contributed by atoms with van der Waals surface area (Å²) in [5.74, 6) is 0. The van der Waals surface area contributed by atoms with Gasteiger partial charge in [0.1, 0.15) is 0 Å². The molecule has 1 N–H and O–H groups in total. The van der Waals surface area contributed by atoms with E-state index in [9.17, 15) is 8.42 Å². The van der Waals surface area contributed by atoms with E-state index < -0.39 is 10.0 Å². The summed E-state index contributed by atoms with van der Waals surface area (Å²) in [6, 6.07) is 7.16. The number of fused-ring (bicyclic) bond motifs is 1. The molecule has 1 aliphatic heterocycles. The maximum absolute atomic E-state index is 11.8. The van der Waals surface area contributed by atoms with Gasteiger partial charge < -0.3 is 5.32 Å². The SMILES string of the molecule is Cc1ccc2c(c1)C(NC[C@H]1CCCN1S(C)(=O)=O)CC2. The van der Waals surface area contributed by atoms with Crippen LogP contribution in [-0.2, 0) is 16.4 Å². The van der Waals surface area contributed by atoms with Crippen LogP contribution in [0.15, 0.2) is 18.2 Å². The van der Waals surface area contributed by atoms with Crippen molar-refractivity contribution < 1.29 is 8.42 Å². The summed E-state index contributed by atoms with van der Waals surface area (Å²) >= 11 is 0. The zero-order chi connectivity index (χ0) is 15.0. The van der Waals surface area contributed by atoms with Crippen molar-refractivity contribution in [3.63, 3.8) is 0 Å². The topological polar surface area (TPSA) is 49.4 Å². The average molecular weight is 308 g/mol. The van der Waals surface area contributed by atoms with E-state index in [4.69, 9.17) is 0 Å². The first-order chi connectivity index (χ1) is 9.95. The molecule has 1 fully saturated rings. The first-order valence-corrected chi connectivity index (χ1v) is 9.59. The highest BCUT2D eigenvalue weighted by Gasteiger charge is 2.32. The number of nitrogens with zero attached hydrogens (tertiary/aromatic N) is 1. The summed E-state index contributed by atoms with van der Waals surface area (Å²) in [5, 5.41) is 3.60. The number of sulfonamides is 1. The van der Waals surface area contributed by atoms with E-state index in [0.29, 0.717) is 12.6 Å². The Hall–Kier alpha value is -0.910. The van der Waals surface area contributed by atoms with Gasteiger partial charge in [0.15, 0.2) is 0 Å². The molecular weight excluding hydrogens is 284 g/mol. The molecule has 0 spiro atoms. The Labute approximate surface area is 127 Å². The van der Waals surface area contributed by atoms with E-state index in [1.165, 1.54) is 22.9 Å². The molecule has 0 bridgehead atoms. The number of aryl methyl sites for hydroxylation is 2. The molecule has 0 saturated carbocycles. The van der Waals surface area contributed by atoms with E-state index in [-0.39, 0.29) is 6.04 Å². The third kappa shape index (κ3) is 3.15. The lowest BCUT2D eigenvalue weighted by atomic mass is 10.0. The van der Waals surface area contributed by atoms with E-state index in [1.54, 1.807) is 4.31 Å². The Balaban J connectivity index is 1.66. The lowest BCUT2D eigenvalue weighted by Gasteiger charge is -2.24. The van der Waals surface area contributed by atoms with Crippen molar-refractivity contribution in [1.82, 2.24) is 9.62 Å². The molecule has 2 aliphatic rings. The van der Waals surface area contributed by atoms with E-state index in [1.807, 2.05) is 0 Å². The Bertz CT molecular complexity index is 627. The molecule has 0 amide bonds. The van der Waals surface area contributed by atoms with Crippen LogP contribution in [0.1, 0.15) is 42.0 Å². The second-order valence-electron chi connectivity index (χ2n) is 6.37. The molecule has 1 aromatic rings. The minimum absolute atomic E-state index is 0.119. The third-order valence-electron chi connectivity index (χ3n) is 4.73. The first kappa shape index (κ1) is 15.0. The van der Waals surface area contributed by atoms with Gasteiger partial charge in [-0.05, 0) is 43.7 Å². The van der Waals surface area contributed by atoms with Crippen molar-refractivity contribution in [3.8, 4) is 0 Å². The highest BCUT2D eigenvalue weighted by atomic mass is 32.2. The lowest BCUT2D eigenvalue weighted by Crippen LogP contribution is -2.41. The van der Waals surface area contributed by atoms with Gasteiger partial charge in [-0.15, -0.1) is 0 Å². The van der Waals surface area contributed by atoms with Crippen LogP contribution < -0.4 is 5.32 Å². The summed E-state index contributed by atoms with van der Waals surface area (Å²) in [7, 11) is -3.07. The predicted octanol–water partition coefficient (Wildman–Crippen LogP) is 2.00. The number of nitrogens with one attached hydrogen (secondary N) is 1. The number of hydrogen-bond donors (Lipinski definition) is 1. The van der Waals surface area contributed by atoms with Crippen molar-refractivity contribution in [2.75, 3.05) is 19.3 Å². The average Bonchev–Trinajstić information content (AvgIpc) is 3.01. The smallest absolute Gasteiger partial charge is 0.211 e. The standard InChI is InChI=1S/C16H24N2O2S/c1-12-5-6-13-7-8-16(15(13)10-12)17-11-14-4-3-9-18(14)21(2,19)20/h5-6,10,14,16-17H,3-4,7-9,11H2,1-2H3/t14-,16?/m1/s1. The van der Waals surface area contributed by atoms with Crippen LogP contribution in [0.5, 0.6) is 0 Å². The van der Waals surface area contributed by atoms with Gasteiger partial charge >= 0.3 is 0 Å². The zero-order valence-electron chi connectivity index (χ0n) is 12.8. The fourth-order valence-electron chi connectivity index (χ4n) is 3.66. The zero-order valence-corrected chi connectivity index (χ0v) is 13.6. The van der Waals surface area contributed by atoms with Crippen molar-refractivity contribution in [2.45, 2.75) is 44.7 Å². The minimum atomic E-state index is -3.07. The predicted molar refractivity (Wildman–Crippen MR) is 84.8 cm³/mol. The van der Waals surface area contributed by atoms with Crippen LogP contribution in [0, 0.1) is 6.92 Å². The third-order valence-corrected chi connectivity index (χ3v) is 6.06. The molecule has 1 heterocycles. The van der Waals surface area contributed by atoms with Crippen molar-refractivity contribution in [3.05, 3.63) is 34.9 Å². The van der Waals surface area contributed by atoms with Gasteiger partial charge in [0.05, 0.1) is 6.26 Å². The molecule has 1 saturated heterocycles. The highest BCUT2D eigenvalue weighted by Crippen LogP contribution is 2.32. The van der Waals surface area contributed by atoms with Gasteiger partial charge in [-0.25, -0.2) is 8.42 Å². The summed E-state index contributed by atoms with van der Waals surface area (Å²) in [5.41, 5.74) is 4.13. The Morgan fingerprint density at radius 3 is 2.90 bits per heavy atom. The first-order valence-electron chi connectivity index (χ1n) is 7.75. The highest BCUT2D eigenvalue weighted by molar-refractivity contribution is 7.88. The Morgan fingerprint density at radius 1 is 1.33 bits per heavy atom. The fourth-order valence-corrected chi connectivity index (χ4v) is 4.84. The van der Waals surface area contributed by atoms with Crippen molar-refractivity contribution in [1.29, 1.82) is 0 Å². The van der Waals surface area contributed by atoms with Gasteiger partial charge in [-0.3, -0.25) is 0 Å². The molecular formula is C16H24N2O2S. The summed E-state index contributed by atoms with van der Waals surface area (Å²) < 4.78 is 25.2.